The summed E-state index contributed by atoms with van der Waals surface area (Å²) in [5.74, 6) is 0.694. The molecule has 3 N–H and O–H groups in total. The van der Waals surface area contributed by atoms with E-state index < -0.39 is 9.84 Å². The van der Waals surface area contributed by atoms with Crippen LogP contribution in [0.15, 0.2) is 0 Å². The standard InChI is InChI=1S/C9H19N3O2S/c10-5-8-6-12(3-2-11-8)9-1-4-15(13,14)7-9/h8-9,11H,1-7,10H2. The highest BCUT2D eigenvalue weighted by Crippen LogP contribution is 2.18. The van der Waals surface area contributed by atoms with Gasteiger partial charge in [-0.2, -0.15) is 0 Å². The lowest BCUT2D eigenvalue weighted by Crippen LogP contribution is -2.56. The van der Waals surface area contributed by atoms with Gasteiger partial charge in [-0.05, 0) is 6.42 Å². The third-order valence-electron chi connectivity index (χ3n) is 3.30. The van der Waals surface area contributed by atoms with E-state index in [9.17, 15) is 8.42 Å². The zero-order valence-electron chi connectivity index (χ0n) is 8.85. The van der Waals surface area contributed by atoms with Crippen LogP contribution in [0, 0.1) is 0 Å². The molecule has 0 radical (unpaired) electrons. The van der Waals surface area contributed by atoms with E-state index in [1.807, 2.05) is 0 Å². The Labute approximate surface area is 90.9 Å². The number of nitrogens with one attached hydrogen (secondary N) is 1. The summed E-state index contributed by atoms with van der Waals surface area (Å²) in [4.78, 5) is 2.28. The number of piperazine rings is 1. The van der Waals surface area contributed by atoms with Crippen molar-refractivity contribution in [3.05, 3.63) is 0 Å². The lowest BCUT2D eigenvalue weighted by atomic mass is 10.1. The molecule has 0 aromatic rings. The minimum absolute atomic E-state index is 0.228. The van der Waals surface area contributed by atoms with Gasteiger partial charge >= 0.3 is 0 Å². The SMILES string of the molecule is NCC1CN(C2CCS(=O)(=O)C2)CCN1. The van der Waals surface area contributed by atoms with Crippen LogP contribution in [-0.4, -0.2) is 63.1 Å². The fraction of sp³-hybridized carbons (Fsp3) is 1.00. The number of sulfone groups is 1. The lowest BCUT2D eigenvalue weighted by Gasteiger charge is -2.36. The summed E-state index contributed by atoms with van der Waals surface area (Å²) in [6.07, 6.45) is 0.791. The molecule has 0 bridgehead atoms. The van der Waals surface area contributed by atoms with Crippen molar-refractivity contribution in [2.24, 2.45) is 5.73 Å². The first-order valence-electron chi connectivity index (χ1n) is 5.48. The molecular weight excluding hydrogens is 214 g/mol. The summed E-state index contributed by atoms with van der Waals surface area (Å²) in [7, 11) is -2.76. The molecule has 5 nitrogen and oxygen atoms in total. The van der Waals surface area contributed by atoms with E-state index in [-0.39, 0.29) is 6.04 Å². The van der Waals surface area contributed by atoms with Gasteiger partial charge in [-0.25, -0.2) is 8.42 Å². The Bertz CT molecular complexity index is 317. The third-order valence-corrected chi connectivity index (χ3v) is 5.05. The second kappa shape index (κ2) is 4.37. The molecule has 2 rings (SSSR count). The van der Waals surface area contributed by atoms with Gasteiger partial charge in [0, 0.05) is 38.3 Å². The second-order valence-corrected chi connectivity index (χ2v) is 6.67. The van der Waals surface area contributed by atoms with Crippen molar-refractivity contribution in [1.82, 2.24) is 10.2 Å². The first-order chi connectivity index (χ1) is 7.11. The van der Waals surface area contributed by atoms with Crippen molar-refractivity contribution >= 4 is 9.84 Å². The van der Waals surface area contributed by atoms with Gasteiger partial charge in [0.25, 0.3) is 0 Å². The number of hydrogen-bond donors (Lipinski definition) is 2. The van der Waals surface area contributed by atoms with Crippen molar-refractivity contribution < 1.29 is 8.42 Å². The number of hydrogen-bond acceptors (Lipinski definition) is 5. The van der Waals surface area contributed by atoms with Crippen molar-refractivity contribution in [3.8, 4) is 0 Å². The number of nitrogens with zero attached hydrogens (tertiary/aromatic N) is 1. The molecule has 0 aromatic carbocycles. The van der Waals surface area contributed by atoms with Gasteiger partial charge in [0.05, 0.1) is 11.5 Å². The highest BCUT2D eigenvalue weighted by Gasteiger charge is 2.33. The molecule has 2 unspecified atom stereocenters. The molecule has 88 valence electrons. The van der Waals surface area contributed by atoms with Crippen LogP contribution < -0.4 is 11.1 Å². The minimum atomic E-state index is -2.76. The Kier molecular flexibility index (Phi) is 3.30. The maximum absolute atomic E-state index is 11.4. The summed E-state index contributed by atoms with van der Waals surface area (Å²) < 4.78 is 22.7. The molecule has 0 saturated carbocycles. The molecule has 2 aliphatic rings. The molecule has 0 aliphatic carbocycles. The molecule has 2 saturated heterocycles. The summed E-state index contributed by atoms with van der Waals surface area (Å²) in [5, 5.41) is 3.33. The summed E-state index contributed by atoms with van der Waals surface area (Å²) in [6, 6.07) is 0.549. The van der Waals surface area contributed by atoms with Crippen molar-refractivity contribution in [2.75, 3.05) is 37.7 Å². The molecule has 0 amide bonds. The molecule has 2 heterocycles. The van der Waals surface area contributed by atoms with Gasteiger partial charge in [0.1, 0.15) is 0 Å². The summed E-state index contributed by atoms with van der Waals surface area (Å²) >= 11 is 0. The molecule has 2 fully saturated rings. The predicted molar refractivity (Wildman–Crippen MR) is 59.5 cm³/mol. The zero-order valence-corrected chi connectivity index (χ0v) is 9.67. The second-order valence-electron chi connectivity index (χ2n) is 4.44. The number of nitrogens with two attached hydrogens (primary N) is 1. The van der Waals surface area contributed by atoms with Crippen molar-refractivity contribution in [3.63, 3.8) is 0 Å². The van der Waals surface area contributed by atoms with Gasteiger partial charge < -0.3 is 11.1 Å². The number of rotatable bonds is 2. The fourth-order valence-electron chi connectivity index (χ4n) is 2.40. The van der Waals surface area contributed by atoms with Crippen LogP contribution in [0.5, 0.6) is 0 Å². The van der Waals surface area contributed by atoms with Gasteiger partial charge in [0.15, 0.2) is 9.84 Å². The smallest absolute Gasteiger partial charge is 0.151 e. The van der Waals surface area contributed by atoms with Gasteiger partial charge in [-0.15, -0.1) is 0 Å². The monoisotopic (exact) mass is 233 g/mol. The van der Waals surface area contributed by atoms with Gasteiger partial charge in [-0.1, -0.05) is 0 Å². The van der Waals surface area contributed by atoms with Crippen LogP contribution in [0.25, 0.3) is 0 Å². The Hall–Kier alpha value is -0.170. The predicted octanol–water partition coefficient (Wildman–Crippen LogP) is -1.59. The minimum Gasteiger partial charge on any atom is -0.329 e. The van der Waals surface area contributed by atoms with E-state index in [2.05, 4.69) is 10.2 Å². The fourth-order valence-corrected chi connectivity index (χ4v) is 4.17. The highest BCUT2D eigenvalue weighted by atomic mass is 32.2. The van der Waals surface area contributed by atoms with Gasteiger partial charge in [-0.3, -0.25) is 4.90 Å². The summed E-state index contributed by atoms with van der Waals surface area (Å²) in [6.45, 7) is 3.36. The van der Waals surface area contributed by atoms with Crippen LogP contribution in [0.3, 0.4) is 0 Å². The largest absolute Gasteiger partial charge is 0.329 e. The van der Waals surface area contributed by atoms with E-state index in [4.69, 9.17) is 5.73 Å². The molecule has 15 heavy (non-hydrogen) atoms. The Morgan fingerprint density at radius 2 is 2.27 bits per heavy atom. The maximum atomic E-state index is 11.4. The maximum Gasteiger partial charge on any atom is 0.151 e. The normalized spacial score (nSPS) is 36.9. The zero-order chi connectivity index (χ0) is 10.9. The van der Waals surface area contributed by atoms with Crippen molar-refractivity contribution in [1.29, 1.82) is 0 Å². The average molecular weight is 233 g/mol. The molecule has 0 spiro atoms. The molecule has 6 heteroatoms. The van der Waals surface area contributed by atoms with E-state index in [1.54, 1.807) is 0 Å². The highest BCUT2D eigenvalue weighted by molar-refractivity contribution is 7.91. The third kappa shape index (κ3) is 2.69. The quantitative estimate of drug-likeness (QED) is 0.601. The Morgan fingerprint density at radius 1 is 1.47 bits per heavy atom. The van der Waals surface area contributed by atoms with E-state index in [0.29, 0.717) is 24.1 Å². The van der Waals surface area contributed by atoms with Crippen LogP contribution in [0.4, 0.5) is 0 Å². The summed E-state index contributed by atoms with van der Waals surface area (Å²) in [5.41, 5.74) is 5.61. The topological polar surface area (TPSA) is 75.4 Å². The van der Waals surface area contributed by atoms with Crippen molar-refractivity contribution in [2.45, 2.75) is 18.5 Å². The Balaban J connectivity index is 1.94. The molecule has 0 aromatic heterocycles. The van der Waals surface area contributed by atoms with E-state index in [1.165, 1.54) is 0 Å². The van der Waals surface area contributed by atoms with Crippen LogP contribution in [-0.2, 0) is 9.84 Å². The molecular formula is C9H19N3O2S. The Morgan fingerprint density at radius 3 is 2.87 bits per heavy atom. The molecule has 2 aliphatic heterocycles. The lowest BCUT2D eigenvalue weighted by molar-refractivity contribution is 0.157. The van der Waals surface area contributed by atoms with E-state index >= 15 is 0 Å². The first-order valence-corrected chi connectivity index (χ1v) is 7.31. The van der Waals surface area contributed by atoms with Crippen LogP contribution in [0.2, 0.25) is 0 Å². The first kappa shape index (κ1) is 11.3. The van der Waals surface area contributed by atoms with E-state index in [0.717, 1.165) is 26.1 Å². The van der Waals surface area contributed by atoms with Crippen LogP contribution >= 0.6 is 0 Å². The average Bonchev–Trinajstić information content (AvgIpc) is 2.59. The van der Waals surface area contributed by atoms with Gasteiger partial charge in [0.2, 0.25) is 0 Å². The van der Waals surface area contributed by atoms with Crippen LogP contribution in [0.1, 0.15) is 6.42 Å². The molecule has 2 atom stereocenters.